The number of nitrogens with zero attached hydrogens (tertiary/aromatic N) is 3. The Morgan fingerprint density at radius 2 is 2.00 bits per heavy atom. The first kappa shape index (κ1) is 16.2. The lowest BCUT2D eigenvalue weighted by Crippen LogP contribution is -2.36. The van der Waals surface area contributed by atoms with Crippen molar-refractivity contribution < 1.29 is 5.11 Å². The summed E-state index contributed by atoms with van der Waals surface area (Å²) in [5.74, 6) is 0. The fourth-order valence-electron chi connectivity index (χ4n) is 3.55. The summed E-state index contributed by atoms with van der Waals surface area (Å²) in [5, 5.41) is 14.9. The van der Waals surface area contributed by atoms with E-state index in [-0.39, 0.29) is 6.10 Å². The third-order valence-electron chi connectivity index (χ3n) is 4.97. The van der Waals surface area contributed by atoms with Crippen LogP contribution >= 0.6 is 0 Å². The van der Waals surface area contributed by atoms with E-state index in [0.29, 0.717) is 6.04 Å². The molecule has 1 aromatic carbocycles. The van der Waals surface area contributed by atoms with Gasteiger partial charge in [0.05, 0.1) is 11.8 Å². The van der Waals surface area contributed by atoms with Crippen molar-refractivity contribution in [3.63, 3.8) is 0 Å². The average molecular weight is 313 g/mol. The molecule has 0 spiro atoms. The first-order valence-electron chi connectivity index (χ1n) is 8.68. The molecule has 1 aliphatic heterocycles. The summed E-state index contributed by atoms with van der Waals surface area (Å²) in [7, 11) is 2.00. The molecular weight excluding hydrogens is 286 g/mol. The molecule has 1 saturated heterocycles. The molecule has 1 fully saturated rings. The molecule has 2 heterocycles. The van der Waals surface area contributed by atoms with Crippen LogP contribution in [0.5, 0.6) is 0 Å². The van der Waals surface area contributed by atoms with E-state index in [4.69, 9.17) is 0 Å². The van der Waals surface area contributed by atoms with Crippen LogP contribution < -0.4 is 0 Å². The first-order valence-corrected chi connectivity index (χ1v) is 8.68. The van der Waals surface area contributed by atoms with Gasteiger partial charge in [-0.1, -0.05) is 43.2 Å². The molecule has 3 rings (SSSR count). The van der Waals surface area contributed by atoms with Crippen LogP contribution in [0.3, 0.4) is 0 Å². The van der Waals surface area contributed by atoms with Gasteiger partial charge in [0, 0.05) is 25.8 Å². The normalized spacial score (nSPS) is 21.0. The number of aliphatic hydroxyl groups excluding tert-OH is 1. The summed E-state index contributed by atoms with van der Waals surface area (Å²) in [6.07, 6.45) is 7.25. The van der Waals surface area contributed by atoms with Crippen molar-refractivity contribution in [1.29, 1.82) is 0 Å². The molecule has 0 bridgehead atoms. The van der Waals surface area contributed by atoms with Crippen LogP contribution in [-0.2, 0) is 13.6 Å². The molecule has 0 saturated carbocycles. The lowest BCUT2D eigenvalue weighted by Gasteiger charge is -2.31. The third-order valence-corrected chi connectivity index (χ3v) is 4.97. The minimum Gasteiger partial charge on any atom is -0.388 e. The van der Waals surface area contributed by atoms with Gasteiger partial charge in [-0.3, -0.25) is 9.58 Å². The van der Waals surface area contributed by atoms with Gasteiger partial charge < -0.3 is 5.11 Å². The van der Waals surface area contributed by atoms with Crippen molar-refractivity contribution in [3.05, 3.63) is 53.9 Å². The molecule has 1 aromatic heterocycles. The van der Waals surface area contributed by atoms with Crippen LogP contribution in [0.15, 0.2) is 42.6 Å². The average Bonchev–Trinajstić information content (AvgIpc) is 2.85. The molecule has 2 aromatic rings. The Labute approximate surface area is 138 Å². The number of benzene rings is 1. The molecule has 0 radical (unpaired) electrons. The van der Waals surface area contributed by atoms with Crippen molar-refractivity contribution in [1.82, 2.24) is 14.7 Å². The van der Waals surface area contributed by atoms with Gasteiger partial charge in [-0.15, -0.1) is 0 Å². The molecule has 2 unspecified atom stereocenters. The predicted molar refractivity (Wildman–Crippen MR) is 91.9 cm³/mol. The number of aliphatic hydroxyl groups is 1. The number of hydrogen-bond acceptors (Lipinski definition) is 3. The second kappa shape index (κ2) is 7.75. The van der Waals surface area contributed by atoms with E-state index in [1.165, 1.54) is 31.4 Å². The van der Waals surface area contributed by atoms with Crippen molar-refractivity contribution in [2.75, 3.05) is 6.54 Å². The van der Waals surface area contributed by atoms with Crippen molar-refractivity contribution in [2.24, 2.45) is 7.05 Å². The van der Waals surface area contributed by atoms with Crippen LogP contribution in [0, 0.1) is 0 Å². The quantitative estimate of drug-likeness (QED) is 0.921. The Morgan fingerprint density at radius 3 is 2.74 bits per heavy atom. The summed E-state index contributed by atoms with van der Waals surface area (Å²) in [6, 6.07) is 12.6. The lowest BCUT2D eigenvalue weighted by atomic mass is 9.98. The van der Waals surface area contributed by atoms with Gasteiger partial charge in [0.25, 0.3) is 0 Å². The zero-order valence-electron chi connectivity index (χ0n) is 13.9. The monoisotopic (exact) mass is 313 g/mol. The summed E-state index contributed by atoms with van der Waals surface area (Å²) in [5.41, 5.74) is 2.27. The summed E-state index contributed by atoms with van der Waals surface area (Å²) in [4.78, 5) is 2.54. The first-order chi connectivity index (χ1) is 11.2. The summed E-state index contributed by atoms with van der Waals surface area (Å²) >= 11 is 0. The zero-order valence-corrected chi connectivity index (χ0v) is 13.9. The maximum atomic E-state index is 10.6. The standard InChI is InChI=1S/C19H27N3O/c1-21-18(11-12-20-21)15-22-13-7-3-6-10-17(22)14-19(23)16-8-4-2-5-9-16/h2,4-5,8-9,11-12,17,19,23H,3,6-7,10,13-15H2,1H3. The van der Waals surface area contributed by atoms with Crippen molar-refractivity contribution in [3.8, 4) is 0 Å². The molecule has 4 nitrogen and oxygen atoms in total. The fraction of sp³-hybridized carbons (Fsp3) is 0.526. The van der Waals surface area contributed by atoms with E-state index in [9.17, 15) is 5.11 Å². The number of aromatic nitrogens is 2. The highest BCUT2D eigenvalue weighted by molar-refractivity contribution is 5.17. The number of hydrogen-bond donors (Lipinski definition) is 1. The molecule has 1 N–H and O–H groups in total. The molecule has 0 amide bonds. The van der Waals surface area contributed by atoms with Gasteiger partial charge in [0.1, 0.15) is 0 Å². The summed E-state index contributed by atoms with van der Waals surface area (Å²) in [6.45, 7) is 2.03. The molecule has 23 heavy (non-hydrogen) atoms. The van der Waals surface area contributed by atoms with Gasteiger partial charge in [-0.05, 0) is 37.4 Å². The molecule has 4 heteroatoms. The maximum Gasteiger partial charge on any atom is 0.0805 e. The molecule has 2 atom stereocenters. The highest BCUT2D eigenvalue weighted by Gasteiger charge is 2.24. The summed E-state index contributed by atoms with van der Waals surface area (Å²) < 4.78 is 1.95. The molecular formula is C19H27N3O. The molecule has 124 valence electrons. The SMILES string of the molecule is Cn1nccc1CN1CCCCCC1CC(O)c1ccccc1. The number of aryl methyl sites for hydroxylation is 1. The Hall–Kier alpha value is -1.65. The van der Waals surface area contributed by atoms with Crippen LogP contribution in [0.4, 0.5) is 0 Å². The Balaban J connectivity index is 1.70. The van der Waals surface area contributed by atoms with Gasteiger partial charge >= 0.3 is 0 Å². The minimum atomic E-state index is -0.381. The Kier molecular flexibility index (Phi) is 5.47. The van der Waals surface area contributed by atoms with Gasteiger partial charge in [-0.25, -0.2) is 0 Å². The van der Waals surface area contributed by atoms with E-state index in [1.54, 1.807) is 0 Å². The number of likely N-dealkylation sites (tertiary alicyclic amines) is 1. The topological polar surface area (TPSA) is 41.3 Å². The third kappa shape index (κ3) is 4.21. The second-order valence-electron chi connectivity index (χ2n) is 6.58. The minimum absolute atomic E-state index is 0.381. The largest absolute Gasteiger partial charge is 0.388 e. The van der Waals surface area contributed by atoms with E-state index in [2.05, 4.69) is 16.1 Å². The zero-order chi connectivity index (χ0) is 16.1. The van der Waals surface area contributed by atoms with Crippen LogP contribution in [0.25, 0.3) is 0 Å². The predicted octanol–water partition coefficient (Wildman–Crippen LogP) is 3.29. The van der Waals surface area contributed by atoms with E-state index >= 15 is 0 Å². The Bertz CT molecular complexity index is 596. The van der Waals surface area contributed by atoms with Crippen LogP contribution in [0.2, 0.25) is 0 Å². The van der Waals surface area contributed by atoms with E-state index in [0.717, 1.165) is 25.1 Å². The molecule has 0 aliphatic carbocycles. The fourth-order valence-corrected chi connectivity index (χ4v) is 3.55. The van der Waals surface area contributed by atoms with Gasteiger partial charge in [0.15, 0.2) is 0 Å². The smallest absolute Gasteiger partial charge is 0.0805 e. The van der Waals surface area contributed by atoms with Gasteiger partial charge in [0.2, 0.25) is 0 Å². The second-order valence-corrected chi connectivity index (χ2v) is 6.58. The van der Waals surface area contributed by atoms with Crippen molar-refractivity contribution >= 4 is 0 Å². The van der Waals surface area contributed by atoms with E-state index in [1.807, 2.05) is 48.3 Å². The number of rotatable bonds is 5. The van der Waals surface area contributed by atoms with E-state index < -0.39 is 0 Å². The Morgan fingerprint density at radius 1 is 1.17 bits per heavy atom. The molecule has 1 aliphatic rings. The highest BCUT2D eigenvalue weighted by Crippen LogP contribution is 2.27. The van der Waals surface area contributed by atoms with Crippen molar-refractivity contribution in [2.45, 2.75) is 50.8 Å². The van der Waals surface area contributed by atoms with Crippen LogP contribution in [-0.4, -0.2) is 32.4 Å². The van der Waals surface area contributed by atoms with Crippen LogP contribution in [0.1, 0.15) is 49.5 Å². The maximum absolute atomic E-state index is 10.6. The lowest BCUT2D eigenvalue weighted by molar-refractivity contribution is 0.0961. The van der Waals surface area contributed by atoms with Gasteiger partial charge in [-0.2, -0.15) is 5.10 Å². The highest BCUT2D eigenvalue weighted by atomic mass is 16.3.